The van der Waals surface area contributed by atoms with Crippen molar-refractivity contribution >= 4 is 22.3 Å². The Hall–Kier alpha value is -2.69. The number of carbonyl (C=O) groups is 2. The van der Waals surface area contributed by atoms with Crippen molar-refractivity contribution in [3.63, 3.8) is 0 Å². The Morgan fingerprint density at radius 3 is 2.38 bits per heavy atom. The van der Waals surface area contributed by atoms with E-state index in [1.807, 2.05) is 6.92 Å². The van der Waals surface area contributed by atoms with E-state index in [9.17, 15) is 27.7 Å². The summed E-state index contributed by atoms with van der Waals surface area (Å²) in [4.78, 5) is 25.1. The van der Waals surface area contributed by atoms with Gasteiger partial charge in [-0.2, -0.15) is 8.42 Å². The Morgan fingerprint density at radius 1 is 1.04 bits per heavy atom. The van der Waals surface area contributed by atoms with Gasteiger partial charge in [-0.15, -0.1) is 0 Å². The maximum absolute atomic E-state index is 13.1. The number of hydrogen-bond acceptors (Lipinski definition) is 6. The lowest BCUT2D eigenvalue weighted by Gasteiger charge is -2.57. The number of carbonyl (C=O) groups excluding carboxylic acids is 1. The van der Waals surface area contributed by atoms with E-state index in [4.69, 9.17) is 8.92 Å². The summed E-state index contributed by atoms with van der Waals surface area (Å²) in [5.74, 6) is 0.920. The molecule has 5 rings (SSSR count). The van der Waals surface area contributed by atoms with Gasteiger partial charge in [0.2, 0.25) is 5.91 Å². The van der Waals surface area contributed by atoms with Crippen molar-refractivity contribution in [3.05, 3.63) is 53.1 Å². The van der Waals surface area contributed by atoms with Gasteiger partial charge in [-0.1, -0.05) is 57.6 Å². The second-order valence-corrected chi connectivity index (χ2v) is 16.4. The molecule has 3 saturated carbocycles. The van der Waals surface area contributed by atoms with Crippen LogP contribution in [0.4, 0.5) is 0 Å². The van der Waals surface area contributed by atoms with Crippen LogP contribution in [0, 0.1) is 40.4 Å². The van der Waals surface area contributed by atoms with Crippen LogP contribution in [0.5, 0.6) is 5.75 Å². The number of nitrogens with one attached hydrogen (secondary N) is 1. The first-order valence-corrected chi connectivity index (χ1v) is 18.7. The van der Waals surface area contributed by atoms with E-state index < -0.39 is 34.4 Å². The van der Waals surface area contributed by atoms with Crippen LogP contribution >= 0.6 is 0 Å². The first-order valence-electron chi connectivity index (χ1n) is 17.3. The van der Waals surface area contributed by atoms with Gasteiger partial charge in [0.05, 0.1) is 13.2 Å². The average molecular weight is 672 g/mol. The van der Waals surface area contributed by atoms with Crippen molar-refractivity contribution in [3.8, 4) is 5.75 Å². The molecule has 0 aliphatic heterocycles. The van der Waals surface area contributed by atoms with Crippen molar-refractivity contribution < 1.29 is 36.6 Å². The number of rotatable bonds is 12. The fourth-order valence-electron chi connectivity index (χ4n) is 10.1. The molecule has 1 amide bonds. The lowest BCUT2D eigenvalue weighted by molar-refractivity contribution is -0.141. The van der Waals surface area contributed by atoms with Crippen LogP contribution in [0.3, 0.4) is 0 Å². The van der Waals surface area contributed by atoms with Crippen LogP contribution in [0.25, 0.3) is 0 Å². The van der Waals surface area contributed by atoms with Gasteiger partial charge in [0.1, 0.15) is 5.75 Å². The molecule has 4 aliphatic carbocycles. The molecule has 3 fully saturated rings. The predicted molar refractivity (Wildman–Crippen MR) is 180 cm³/mol. The molecule has 10 heteroatoms. The summed E-state index contributed by atoms with van der Waals surface area (Å²) in [5.41, 5.74) is 4.52. The molecule has 0 aromatic heterocycles. The number of carboxylic acid groups (broad SMARTS) is 1. The van der Waals surface area contributed by atoms with E-state index in [-0.39, 0.29) is 16.7 Å². The highest BCUT2D eigenvalue weighted by molar-refractivity contribution is 7.80. The molecule has 0 spiro atoms. The van der Waals surface area contributed by atoms with Crippen molar-refractivity contribution in [2.24, 2.45) is 40.4 Å². The van der Waals surface area contributed by atoms with E-state index >= 15 is 0 Å². The number of amides is 1. The predicted octanol–water partition coefficient (Wildman–Crippen LogP) is 7.46. The highest BCUT2D eigenvalue weighted by atomic mass is 32.3. The Balaban J connectivity index is 1.19. The van der Waals surface area contributed by atoms with Crippen LogP contribution in [-0.2, 0) is 24.2 Å². The first kappa shape index (κ1) is 35.6. The average Bonchev–Trinajstić information content (AvgIpc) is 3.38. The summed E-state index contributed by atoms with van der Waals surface area (Å²) >= 11 is 0. The van der Waals surface area contributed by atoms with Gasteiger partial charge in [-0.25, -0.2) is 8.98 Å². The van der Waals surface area contributed by atoms with E-state index in [0.717, 1.165) is 51.4 Å². The van der Waals surface area contributed by atoms with E-state index in [0.29, 0.717) is 53.4 Å². The molecule has 3 N–H and O–H groups in total. The largest absolute Gasteiger partial charge is 0.497 e. The summed E-state index contributed by atoms with van der Waals surface area (Å²) in [6.07, 6.45) is 10.3. The monoisotopic (exact) mass is 671 g/mol. The van der Waals surface area contributed by atoms with Crippen LogP contribution in [0.15, 0.2) is 47.6 Å². The lowest BCUT2D eigenvalue weighted by atomic mass is 9.49. The molecule has 0 bridgehead atoms. The van der Waals surface area contributed by atoms with Gasteiger partial charge in [0, 0.05) is 5.57 Å². The molecule has 1 aromatic rings. The SMILES string of the molecule is C=C(C(=O)N[C@H](C(=O)O)c1ccc(OC)cc1)[C@H](C)CC[C@@H](C)[C@@H]1CCC2=C3CC[C@H]4C[C@@H](OS(=O)(=O)O)CC[C@]4(C)[C@@H]3CC[C@@]21C. The molecular formula is C37H53NO8S. The Morgan fingerprint density at radius 2 is 1.74 bits per heavy atom. The summed E-state index contributed by atoms with van der Waals surface area (Å²) in [6.45, 7) is 13.3. The number of allylic oxidation sites excluding steroid dienone is 2. The zero-order valence-corrected chi connectivity index (χ0v) is 29.4. The summed E-state index contributed by atoms with van der Waals surface area (Å²) < 4.78 is 42.2. The van der Waals surface area contributed by atoms with E-state index in [2.05, 4.69) is 32.7 Å². The smallest absolute Gasteiger partial charge is 0.397 e. The zero-order valence-electron chi connectivity index (χ0n) is 28.6. The zero-order chi connectivity index (χ0) is 34.3. The lowest BCUT2D eigenvalue weighted by Crippen LogP contribution is -2.48. The van der Waals surface area contributed by atoms with Gasteiger partial charge < -0.3 is 15.2 Å². The molecule has 4 aliphatic rings. The number of ether oxygens (including phenoxy) is 1. The van der Waals surface area contributed by atoms with Crippen LogP contribution in [0.1, 0.15) is 110 Å². The molecule has 9 atom stereocenters. The normalized spacial score (nSPS) is 32.3. The number of methoxy groups -OCH3 is 1. The third kappa shape index (κ3) is 7.20. The number of carboxylic acids is 1. The fraction of sp³-hybridized carbons (Fsp3) is 0.676. The molecule has 0 heterocycles. The minimum absolute atomic E-state index is 0.0827. The molecule has 0 unspecified atom stereocenters. The van der Waals surface area contributed by atoms with Crippen molar-refractivity contribution in [1.82, 2.24) is 5.32 Å². The third-order valence-electron chi connectivity index (χ3n) is 12.9. The Bertz CT molecular complexity index is 1500. The van der Waals surface area contributed by atoms with Gasteiger partial charge >= 0.3 is 16.4 Å². The summed E-state index contributed by atoms with van der Waals surface area (Å²) in [5, 5.41) is 12.5. The maximum atomic E-state index is 13.1. The first-order chi connectivity index (χ1) is 22.1. The number of fused-ring (bicyclic) bond motifs is 4. The molecular weight excluding hydrogens is 618 g/mol. The minimum Gasteiger partial charge on any atom is -0.497 e. The molecule has 47 heavy (non-hydrogen) atoms. The van der Waals surface area contributed by atoms with Crippen LogP contribution in [-0.4, -0.2) is 43.2 Å². The molecule has 9 nitrogen and oxygen atoms in total. The standard InChI is InChI=1S/C37H53NO8S/c1-22(24(3)34(39)38-33(35(40)41)25-9-12-27(45-6)13-10-25)7-8-23(2)30-15-16-31-29-14-11-26-21-28(46-47(42,43)44)17-19-36(26,4)32(29)18-20-37(30,31)5/h9-10,12-13,22-23,26,28,30,32-33H,3,7-8,11,14-21H2,1-2,4-6H3,(H,38,39)(H,40,41)(H,42,43,44)/t22-,23-,26+,28+,30+,32-,33+,36+,37-/m1/s1. The van der Waals surface area contributed by atoms with Crippen molar-refractivity contribution in [1.29, 1.82) is 0 Å². The second kappa shape index (κ2) is 13.7. The highest BCUT2D eigenvalue weighted by Gasteiger charge is 2.56. The number of benzene rings is 1. The number of hydrogen-bond donors (Lipinski definition) is 3. The van der Waals surface area contributed by atoms with E-state index in [1.54, 1.807) is 42.5 Å². The van der Waals surface area contributed by atoms with Crippen molar-refractivity contribution in [2.75, 3.05) is 7.11 Å². The summed E-state index contributed by atoms with van der Waals surface area (Å²) in [6, 6.07) is 5.47. The fourth-order valence-corrected chi connectivity index (χ4v) is 10.6. The Kier molecular flexibility index (Phi) is 10.4. The third-order valence-corrected chi connectivity index (χ3v) is 13.4. The minimum atomic E-state index is -4.44. The quantitative estimate of drug-likeness (QED) is 0.118. The molecule has 0 saturated heterocycles. The van der Waals surface area contributed by atoms with Gasteiger partial charge in [0.25, 0.3) is 0 Å². The topological polar surface area (TPSA) is 139 Å². The maximum Gasteiger partial charge on any atom is 0.397 e. The molecule has 1 aromatic carbocycles. The number of aliphatic carboxylic acids is 1. The van der Waals surface area contributed by atoms with Crippen molar-refractivity contribution in [2.45, 2.75) is 110 Å². The molecule has 260 valence electrons. The second-order valence-electron chi connectivity index (χ2n) is 15.3. The Labute approximate surface area is 280 Å². The summed E-state index contributed by atoms with van der Waals surface area (Å²) in [7, 11) is -2.90. The van der Waals surface area contributed by atoms with Gasteiger partial charge in [-0.05, 0) is 129 Å². The van der Waals surface area contributed by atoms with E-state index in [1.165, 1.54) is 6.42 Å². The molecule has 0 radical (unpaired) electrons. The van der Waals surface area contributed by atoms with Crippen LogP contribution in [0.2, 0.25) is 0 Å². The van der Waals surface area contributed by atoms with Gasteiger partial charge in [-0.3, -0.25) is 9.35 Å². The van der Waals surface area contributed by atoms with Gasteiger partial charge in [0.15, 0.2) is 6.04 Å². The van der Waals surface area contributed by atoms with Crippen LogP contribution < -0.4 is 10.1 Å². The highest BCUT2D eigenvalue weighted by Crippen LogP contribution is 2.66.